The van der Waals surface area contributed by atoms with Gasteiger partial charge in [-0.1, -0.05) is 36.4 Å². The predicted molar refractivity (Wildman–Crippen MR) is 96.0 cm³/mol. The minimum atomic E-state index is -0.390. The SMILES string of the molecule is CC(C)(C)n1nnc(C(=O)NC(CN)c2ccc3ccccc3c2)n1. The van der Waals surface area contributed by atoms with Gasteiger partial charge in [0.2, 0.25) is 0 Å². The molecule has 1 unspecified atom stereocenters. The lowest BCUT2D eigenvalue weighted by atomic mass is 10.0. The fourth-order valence-electron chi connectivity index (χ4n) is 2.52. The second kappa shape index (κ2) is 6.60. The van der Waals surface area contributed by atoms with Crippen molar-refractivity contribution in [2.45, 2.75) is 32.4 Å². The van der Waals surface area contributed by atoms with Crippen molar-refractivity contribution in [2.24, 2.45) is 5.73 Å². The van der Waals surface area contributed by atoms with Crippen LogP contribution < -0.4 is 11.1 Å². The lowest BCUT2D eigenvalue weighted by molar-refractivity contribution is 0.0926. The number of nitrogens with one attached hydrogen (secondary N) is 1. The first-order valence-corrected chi connectivity index (χ1v) is 8.18. The number of benzene rings is 2. The number of hydrogen-bond donors (Lipinski definition) is 2. The number of carbonyl (C=O) groups is 1. The highest BCUT2D eigenvalue weighted by Gasteiger charge is 2.22. The van der Waals surface area contributed by atoms with Crippen molar-refractivity contribution in [3.63, 3.8) is 0 Å². The van der Waals surface area contributed by atoms with Crippen LogP contribution in [0.25, 0.3) is 10.8 Å². The maximum Gasteiger partial charge on any atom is 0.293 e. The van der Waals surface area contributed by atoms with Crippen molar-refractivity contribution in [3.05, 3.63) is 53.9 Å². The number of rotatable bonds is 4. The maximum absolute atomic E-state index is 12.4. The van der Waals surface area contributed by atoms with E-state index in [1.807, 2.05) is 63.2 Å². The van der Waals surface area contributed by atoms with Crippen LogP contribution in [-0.2, 0) is 5.54 Å². The Kier molecular flexibility index (Phi) is 4.50. The Morgan fingerprint density at radius 3 is 2.56 bits per heavy atom. The highest BCUT2D eigenvalue weighted by atomic mass is 16.2. The van der Waals surface area contributed by atoms with E-state index < -0.39 is 0 Å². The molecule has 7 nitrogen and oxygen atoms in total. The molecule has 0 fully saturated rings. The first-order chi connectivity index (χ1) is 11.9. The standard InChI is InChI=1S/C18H22N6O/c1-18(2,3)24-22-16(21-23-24)17(25)20-15(11-19)14-9-8-12-6-4-5-7-13(12)10-14/h4-10,15H,11,19H2,1-3H3,(H,20,25). The zero-order valence-corrected chi connectivity index (χ0v) is 14.6. The van der Waals surface area contributed by atoms with Crippen molar-refractivity contribution in [1.82, 2.24) is 25.5 Å². The second-order valence-corrected chi connectivity index (χ2v) is 6.94. The van der Waals surface area contributed by atoms with Gasteiger partial charge in [0.1, 0.15) is 0 Å². The number of carbonyl (C=O) groups excluding carboxylic acids is 1. The molecule has 0 spiro atoms. The fourth-order valence-corrected chi connectivity index (χ4v) is 2.52. The van der Waals surface area contributed by atoms with Gasteiger partial charge in [0.05, 0.1) is 11.6 Å². The quantitative estimate of drug-likeness (QED) is 0.758. The van der Waals surface area contributed by atoms with Gasteiger partial charge in [-0.25, -0.2) is 0 Å². The third kappa shape index (κ3) is 3.66. The summed E-state index contributed by atoms with van der Waals surface area (Å²) in [6.07, 6.45) is 0. The predicted octanol–water partition coefficient (Wildman–Crippen LogP) is 2.01. The molecule has 1 amide bonds. The molecule has 0 aliphatic heterocycles. The largest absolute Gasteiger partial charge is 0.341 e. The molecule has 130 valence electrons. The molecule has 0 bridgehead atoms. The van der Waals surface area contributed by atoms with Crippen LogP contribution in [0.1, 0.15) is 43.0 Å². The summed E-state index contributed by atoms with van der Waals surface area (Å²) in [6, 6.07) is 13.8. The summed E-state index contributed by atoms with van der Waals surface area (Å²) in [5.74, 6) is -0.353. The second-order valence-electron chi connectivity index (χ2n) is 6.94. The van der Waals surface area contributed by atoms with Crippen LogP contribution in [0.2, 0.25) is 0 Å². The number of nitrogens with two attached hydrogens (primary N) is 1. The van der Waals surface area contributed by atoms with E-state index in [2.05, 4.69) is 20.7 Å². The van der Waals surface area contributed by atoms with Crippen molar-refractivity contribution < 1.29 is 4.79 Å². The van der Waals surface area contributed by atoms with Gasteiger partial charge in [-0.2, -0.15) is 4.80 Å². The summed E-state index contributed by atoms with van der Waals surface area (Å²) in [7, 11) is 0. The van der Waals surface area contributed by atoms with E-state index in [4.69, 9.17) is 5.73 Å². The number of amides is 1. The topological polar surface area (TPSA) is 98.7 Å². The van der Waals surface area contributed by atoms with Crippen LogP contribution in [0, 0.1) is 0 Å². The fraction of sp³-hybridized carbons (Fsp3) is 0.333. The van der Waals surface area contributed by atoms with E-state index in [0.29, 0.717) is 0 Å². The molecule has 0 aliphatic carbocycles. The zero-order chi connectivity index (χ0) is 18.0. The van der Waals surface area contributed by atoms with Crippen LogP contribution in [0.3, 0.4) is 0 Å². The zero-order valence-electron chi connectivity index (χ0n) is 14.6. The van der Waals surface area contributed by atoms with Crippen LogP contribution in [0.5, 0.6) is 0 Å². The number of nitrogens with zero attached hydrogens (tertiary/aromatic N) is 4. The lowest BCUT2D eigenvalue weighted by Gasteiger charge is -2.17. The molecule has 3 rings (SSSR count). The van der Waals surface area contributed by atoms with Gasteiger partial charge < -0.3 is 11.1 Å². The molecule has 25 heavy (non-hydrogen) atoms. The third-order valence-corrected chi connectivity index (χ3v) is 3.93. The van der Waals surface area contributed by atoms with Gasteiger partial charge in [-0.15, -0.1) is 10.2 Å². The van der Waals surface area contributed by atoms with Gasteiger partial charge in [0.25, 0.3) is 11.7 Å². The highest BCUT2D eigenvalue weighted by Crippen LogP contribution is 2.20. The number of fused-ring (bicyclic) bond motifs is 1. The first kappa shape index (κ1) is 17.0. The Morgan fingerprint density at radius 2 is 1.92 bits per heavy atom. The van der Waals surface area contributed by atoms with Crippen LogP contribution in [0.15, 0.2) is 42.5 Å². The summed E-state index contributed by atoms with van der Waals surface area (Å²) in [5.41, 5.74) is 6.48. The van der Waals surface area contributed by atoms with Gasteiger partial charge in [0, 0.05) is 6.54 Å². The molecule has 1 atom stereocenters. The molecule has 0 aliphatic rings. The number of tetrazole rings is 1. The van der Waals surface area contributed by atoms with Crippen molar-refractivity contribution in [3.8, 4) is 0 Å². The molecule has 1 aromatic heterocycles. The molecular weight excluding hydrogens is 316 g/mol. The molecule has 1 heterocycles. The molecule has 3 aromatic rings. The Labute approximate surface area is 146 Å². The minimum absolute atomic E-state index is 0.0363. The van der Waals surface area contributed by atoms with Crippen molar-refractivity contribution in [1.29, 1.82) is 0 Å². The van der Waals surface area contributed by atoms with Crippen LogP contribution >= 0.6 is 0 Å². The smallest absolute Gasteiger partial charge is 0.293 e. The van der Waals surface area contributed by atoms with E-state index in [9.17, 15) is 4.79 Å². The monoisotopic (exact) mass is 338 g/mol. The summed E-state index contributed by atoms with van der Waals surface area (Å²) in [5, 5.41) is 17.1. The molecule has 2 aromatic carbocycles. The number of aromatic nitrogens is 4. The summed E-state index contributed by atoms with van der Waals surface area (Å²) >= 11 is 0. The van der Waals surface area contributed by atoms with E-state index in [1.165, 1.54) is 4.80 Å². The Bertz CT molecular complexity index is 896. The Hall–Kier alpha value is -2.80. The van der Waals surface area contributed by atoms with Gasteiger partial charge in [-0.3, -0.25) is 4.79 Å². The lowest BCUT2D eigenvalue weighted by Crippen LogP contribution is -2.34. The third-order valence-electron chi connectivity index (χ3n) is 3.93. The van der Waals surface area contributed by atoms with Gasteiger partial charge in [0.15, 0.2) is 0 Å². The van der Waals surface area contributed by atoms with Crippen LogP contribution in [-0.4, -0.2) is 32.7 Å². The van der Waals surface area contributed by atoms with Crippen LogP contribution in [0.4, 0.5) is 0 Å². The Morgan fingerprint density at radius 1 is 1.20 bits per heavy atom. The average Bonchev–Trinajstić information content (AvgIpc) is 3.09. The highest BCUT2D eigenvalue weighted by molar-refractivity contribution is 5.90. The van der Waals surface area contributed by atoms with Gasteiger partial charge >= 0.3 is 0 Å². The van der Waals surface area contributed by atoms with E-state index in [1.54, 1.807) is 0 Å². The molecule has 0 radical (unpaired) electrons. The normalized spacial score (nSPS) is 13.0. The minimum Gasteiger partial charge on any atom is -0.341 e. The summed E-state index contributed by atoms with van der Waals surface area (Å²) in [6.45, 7) is 6.09. The molecule has 3 N–H and O–H groups in total. The van der Waals surface area contributed by atoms with Gasteiger partial charge in [-0.05, 0) is 48.4 Å². The molecule has 0 saturated heterocycles. The van der Waals surface area contributed by atoms with E-state index in [-0.39, 0.29) is 29.9 Å². The van der Waals surface area contributed by atoms with Crippen molar-refractivity contribution >= 4 is 16.7 Å². The summed E-state index contributed by atoms with van der Waals surface area (Å²) < 4.78 is 0. The maximum atomic E-state index is 12.4. The van der Waals surface area contributed by atoms with E-state index >= 15 is 0 Å². The van der Waals surface area contributed by atoms with Crippen molar-refractivity contribution in [2.75, 3.05) is 6.54 Å². The molecule has 7 heteroatoms. The molecular formula is C18H22N6O. The molecule has 0 saturated carbocycles. The first-order valence-electron chi connectivity index (χ1n) is 8.18. The average molecular weight is 338 g/mol. The number of hydrogen-bond acceptors (Lipinski definition) is 5. The Balaban J connectivity index is 1.81. The summed E-state index contributed by atoms with van der Waals surface area (Å²) in [4.78, 5) is 13.9. The van der Waals surface area contributed by atoms with E-state index in [0.717, 1.165) is 16.3 Å².